The molecule has 2 heterocycles. The molecular weight excluding hydrogens is 355 g/mol. The Hall–Kier alpha value is -3.01. The quantitative estimate of drug-likeness (QED) is 0.727. The van der Waals surface area contributed by atoms with Crippen LogP contribution in [0, 0.1) is 0 Å². The fourth-order valence-electron chi connectivity index (χ4n) is 1.92. The maximum atomic E-state index is 12.7. The van der Waals surface area contributed by atoms with E-state index >= 15 is 0 Å². The van der Waals surface area contributed by atoms with E-state index in [1.54, 1.807) is 24.5 Å². The zero-order chi connectivity index (χ0) is 17.9. The molecule has 3 rings (SSSR count). The highest BCUT2D eigenvalue weighted by Crippen LogP contribution is 2.31. The Kier molecular flexibility index (Phi) is 4.61. The van der Waals surface area contributed by atoms with Crippen LogP contribution in [0.4, 0.5) is 28.8 Å². The number of hydrogen-bond acceptors (Lipinski definition) is 5. The summed E-state index contributed by atoms with van der Waals surface area (Å²) in [7, 11) is 0. The highest BCUT2D eigenvalue weighted by molar-refractivity contribution is 7.18. The average Bonchev–Trinajstić information content (AvgIpc) is 3.03. The van der Waals surface area contributed by atoms with Gasteiger partial charge >= 0.3 is 12.2 Å². The van der Waals surface area contributed by atoms with E-state index in [9.17, 15) is 18.0 Å². The summed E-state index contributed by atoms with van der Waals surface area (Å²) in [6.07, 6.45) is -1.28. The SMILES string of the molecule is O=C(Nc1cccc(C(F)(F)F)c1)Nc1nnc(-c2ccncc2)s1. The molecule has 0 radical (unpaired) electrons. The number of carbonyl (C=O) groups is 1. The molecule has 0 aliphatic rings. The fraction of sp³-hybridized carbons (Fsp3) is 0.0667. The molecular formula is C15H10F3N5OS. The molecule has 6 nitrogen and oxygen atoms in total. The van der Waals surface area contributed by atoms with Crippen LogP contribution >= 0.6 is 11.3 Å². The van der Waals surface area contributed by atoms with E-state index in [2.05, 4.69) is 25.8 Å². The number of nitrogens with one attached hydrogen (secondary N) is 2. The second-order valence-corrected chi connectivity index (χ2v) is 5.78. The van der Waals surface area contributed by atoms with Gasteiger partial charge in [0.05, 0.1) is 5.56 Å². The molecule has 0 fully saturated rings. The van der Waals surface area contributed by atoms with E-state index in [1.165, 1.54) is 12.1 Å². The van der Waals surface area contributed by atoms with Gasteiger partial charge in [0.25, 0.3) is 0 Å². The Balaban J connectivity index is 1.67. The Morgan fingerprint density at radius 3 is 2.52 bits per heavy atom. The van der Waals surface area contributed by atoms with E-state index in [0.29, 0.717) is 5.01 Å². The van der Waals surface area contributed by atoms with Gasteiger partial charge in [0.2, 0.25) is 5.13 Å². The third-order valence-corrected chi connectivity index (χ3v) is 3.91. The number of anilines is 2. The van der Waals surface area contributed by atoms with Crippen LogP contribution in [0.1, 0.15) is 5.56 Å². The number of urea groups is 1. The minimum atomic E-state index is -4.48. The first kappa shape index (κ1) is 16.8. The summed E-state index contributed by atoms with van der Waals surface area (Å²) in [4.78, 5) is 15.8. The van der Waals surface area contributed by atoms with Gasteiger partial charge in [-0.1, -0.05) is 17.4 Å². The third-order valence-electron chi connectivity index (χ3n) is 3.02. The number of alkyl halides is 3. The fourth-order valence-corrected chi connectivity index (χ4v) is 2.66. The molecule has 1 aromatic carbocycles. The summed E-state index contributed by atoms with van der Waals surface area (Å²) < 4.78 is 38.0. The Bertz CT molecular complexity index is 882. The van der Waals surface area contributed by atoms with Gasteiger partial charge < -0.3 is 5.32 Å². The smallest absolute Gasteiger partial charge is 0.308 e. The number of pyridine rings is 1. The number of aromatic nitrogens is 3. The standard InChI is InChI=1S/C15H10F3N5OS/c16-15(17,18)10-2-1-3-11(8-10)20-13(24)21-14-23-22-12(25-14)9-4-6-19-7-5-9/h1-8H,(H2,20,21,23,24). The van der Waals surface area contributed by atoms with Crippen LogP contribution in [0.3, 0.4) is 0 Å². The van der Waals surface area contributed by atoms with Gasteiger partial charge in [0, 0.05) is 23.6 Å². The van der Waals surface area contributed by atoms with Crippen molar-refractivity contribution in [3.63, 3.8) is 0 Å². The molecule has 0 unspecified atom stereocenters. The van der Waals surface area contributed by atoms with Crippen molar-refractivity contribution in [2.45, 2.75) is 6.18 Å². The van der Waals surface area contributed by atoms with E-state index in [0.717, 1.165) is 29.0 Å². The molecule has 25 heavy (non-hydrogen) atoms. The number of amides is 2. The van der Waals surface area contributed by atoms with E-state index in [-0.39, 0.29) is 10.8 Å². The summed E-state index contributed by atoms with van der Waals surface area (Å²) in [5.74, 6) is 0. The van der Waals surface area contributed by atoms with Crippen LogP contribution in [0.5, 0.6) is 0 Å². The average molecular weight is 365 g/mol. The lowest BCUT2D eigenvalue weighted by atomic mass is 10.2. The third kappa shape index (κ3) is 4.29. The molecule has 10 heteroatoms. The van der Waals surface area contributed by atoms with Gasteiger partial charge in [-0.25, -0.2) is 4.79 Å². The first-order chi connectivity index (χ1) is 11.9. The van der Waals surface area contributed by atoms with Gasteiger partial charge in [-0.05, 0) is 30.3 Å². The van der Waals surface area contributed by atoms with Crippen molar-refractivity contribution in [1.29, 1.82) is 0 Å². The Morgan fingerprint density at radius 1 is 1.04 bits per heavy atom. The van der Waals surface area contributed by atoms with Crippen molar-refractivity contribution in [2.75, 3.05) is 10.6 Å². The minimum Gasteiger partial charge on any atom is -0.308 e. The molecule has 2 aromatic heterocycles. The number of benzene rings is 1. The summed E-state index contributed by atoms with van der Waals surface area (Å²) in [6, 6.07) is 7.12. The molecule has 0 saturated heterocycles. The van der Waals surface area contributed by atoms with Crippen molar-refractivity contribution in [1.82, 2.24) is 15.2 Å². The number of rotatable bonds is 3. The van der Waals surface area contributed by atoms with Gasteiger partial charge in [0.15, 0.2) is 0 Å². The summed E-state index contributed by atoms with van der Waals surface area (Å²) in [5, 5.41) is 13.3. The van der Waals surface area contributed by atoms with Crippen molar-refractivity contribution in [2.24, 2.45) is 0 Å². The predicted octanol–water partition coefficient (Wildman–Crippen LogP) is 4.26. The number of carbonyl (C=O) groups excluding carboxylic acids is 1. The van der Waals surface area contributed by atoms with Crippen LogP contribution in [0.25, 0.3) is 10.6 Å². The largest absolute Gasteiger partial charge is 0.416 e. The molecule has 0 atom stereocenters. The van der Waals surface area contributed by atoms with E-state index in [4.69, 9.17) is 0 Å². The molecule has 3 aromatic rings. The lowest BCUT2D eigenvalue weighted by Crippen LogP contribution is -2.19. The lowest BCUT2D eigenvalue weighted by Gasteiger charge is -2.09. The van der Waals surface area contributed by atoms with Crippen molar-refractivity contribution >= 4 is 28.2 Å². The van der Waals surface area contributed by atoms with Gasteiger partial charge in [0.1, 0.15) is 5.01 Å². The van der Waals surface area contributed by atoms with Crippen LogP contribution in [0.2, 0.25) is 0 Å². The summed E-state index contributed by atoms with van der Waals surface area (Å²) in [6.45, 7) is 0. The topological polar surface area (TPSA) is 79.8 Å². The number of halogens is 3. The monoisotopic (exact) mass is 365 g/mol. The number of nitrogens with zero attached hydrogens (tertiary/aromatic N) is 3. The van der Waals surface area contributed by atoms with Crippen molar-refractivity contribution < 1.29 is 18.0 Å². The van der Waals surface area contributed by atoms with Crippen LogP contribution in [0.15, 0.2) is 48.8 Å². The van der Waals surface area contributed by atoms with Crippen molar-refractivity contribution in [3.8, 4) is 10.6 Å². The second kappa shape index (κ2) is 6.85. The lowest BCUT2D eigenvalue weighted by molar-refractivity contribution is -0.137. The zero-order valence-corrected chi connectivity index (χ0v) is 13.2. The maximum Gasteiger partial charge on any atom is 0.416 e. The summed E-state index contributed by atoms with van der Waals surface area (Å²) >= 11 is 1.13. The first-order valence-corrected chi connectivity index (χ1v) is 7.72. The van der Waals surface area contributed by atoms with Crippen LogP contribution in [-0.4, -0.2) is 21.2 Å². The Morgan fingerprint density at radius 2 is 1.80 bits per heavy atom. The predicted molar refractivity (Wildman–Crippen MR) is 87.2 cm³/mol. The maximum absolute atomic E-state index is 12.7. The normalized spacial score (nSPS) is 11.2. The first-order valence-electron chi connectivity index (χ1n) is 6.91. The van der Waals surface area contributed by atoms with Crippen LogP contribution in [-0.2, 0) is 6.18 Å². The highest BCUT2D eigenvalue weighted by Gasteiger charge is 2.30. The molecule has 0 aliphatic heterocycles. The molecule has 0 spiro atoms. The van der Waals surface area contributed by atoms with E-state index < -0.39 is 17.8 Å². The highest BCUT2D eigenvalue weighted by atomic mass is 32.1. The van der Waals surface area contributed by atoms with Crippen LogP contribution < -0.4 is 10.6 Å². The molecule has 0 aliphatic carbocycles. The summed E-state index contributed by atoms with van der Waals surface area (Å²) in [5.41, 5.74) is -0.0359. The van der Waals surface area contributed by atoms with Crippen molar-refractivity contribution in [3.05, 3.63) is 54.4 Å². The number of hydrogen-bond donors (Lipinski definition) is 2. The minimum absolute atomic E-state index is 0.0196. The van der Waals surface area contributed by atoms with Gasteiger partial charge in [-0.3, -0.25) is 10.3 Å². The van der Waals surface area contributed by atoms with Gasteiger partial charge in [-0.2, -0.15) is 13.2 Å². The molecule has 0 bridgehead atoms. The van der Waals surface area contributed by atoms with Gasteiger partial charge in [-0.15, -0.1) is 10.2 Å². The Labute approximate surface area is 143 Å². The second-order valence-electron chi connectivity index (χ2n) is 4.81. The molecule has 2 N–H and O–H groups in total. The molecule has 128 valence electrons. The molecule has 2 amide bonds. The molecule has 0 saturated carbocycles. The van der Waals surface area contributed by atoms with E-state index in [1.807, 2.05) is 0 Å². The zero-order valence-electron chi connectivity index (χ0n) is 12.4.